The average molecular weight is 847 g/mol. The first kappa shape index (κ1) is 41.2. The Hall–Kier alpha value is -6.16. The molecule has 6 heterocycles. The number of likely N-dealkylation sites (tertiary alicyclic amines) is 2. The third-order valence-corrected chi connectivity index (χ3v) is 13.2. The fourth-order valence-corrected chi connectivity index (χ4v) is 9.88. The van der Waals surface area contributed by atoms with Crippen molar-refractivity contribution < 1.29 is 38.1 Å². The molecular formula is C46H54N8O8. The molecule has 0 spiro atoms. The number of carbonyl (C=O) groups is 4. The van der Waals surface area contributed by atoms with Gasteiger partial charge in [0.05, 0.1) is 49.2 Å². The molecule has 16 heteroatoms. The highest BCUT2D eigenvalue weighted by Gasteiger charge is 2.42. The minimum atomic E-state index is -0.719. The Balaban J connectivity index is 0.956. The number of imidazole rings is 2. The number of nitrogens with one attached hydrogen (secondary N) is 4. The van der Waals surface area contributed by atoms with Crippen molar-refractivity contribution in [3.8, 4) is 28.1 Å². The summed E-state index contributed by atoms with van der Waals surface area (Å²) >= 11 is 0. The fraction of sp³-hybridized carbons (Fsp3) is 0.478. The van der Waals surface area contributed by atoms with E-state index in [0.717, 1.165) is 87.0 Å². The van der Waals surface area contributed by atoms with Crippen LogP contribution >= 0.6 is 0 Å². The standard InChI is InChI=1S/C46H54N8O8/c1-24(2)38(51-45(57)59-4)44(56)54-25(3)8-13-36(54)41-47-22-34(49-41)28-9-11-30-29(19-28)23-62-37-21-31-27(20-32(30)37)10-12-33-40(31)50-42(48-33)35-7-6-16-53(35)43(55)39(52-46(58)60-5)26-14-17-61-18-15-26/h9-12,19-22,24-26,35-36,38-39H,6-8,13-18,23H2,1-5H3,(H,47,49)(H,48,50)(H,51,57)(H,52,58)/t25-,35-,36-,38?,39-/m0/s1. The number of nitrogens with zero attached hydrogens (tertiary/aromatic N) is 4. The number of aromatic amines is 2. The quantitative estimate of drug-likeness (QED) is 0.121. The predicted octanol–water partition coefficient (Wildman–Crippen LogP) is 6.91. The number of rotatable bonds is 9. The summed E-state index contributed by atoms with van der Waals surface area (Å²) in [6.07, 6.45) is 5.09. The van der Waals surface area contributed by atoms with E-state index in [1.165, 1.54) is 14.2 Å². The van der Waals surface area contributed by atoms with Gasteiger partial charge < -0.3 is 49.3 Å². The molecule has 326 valence electrons. The van der Waals surface area contributed by atoms with E-state index >= 15 is 0 Å². The Morgan fingerprint density at radius 2 is 1.65 bits per heavy atom. The number of hydrogen-bond donors (Lipinski definition) is 4. The lowest BCUT2D eigenvalue weighted by molar-refractivity contribution is -0.137. The van der Waals surface area contributed by atoms with Crippen molar-refractivity contribution in [1.29, 1.82) is 0 Å². The molecule has 3 fully saturated rings. The van der Waals surface area contributed by atoms with Crippen molar-refractivity contribution in [2.45, 2.75) is 96.1 Å². The summed E-state index contributed by atoms with van der Waals surface area (Å²) in [5.74, 6) is 1.75. The Kier molecular flexibility index (Phi) is 11.3. The van der Waals surface area contributed by atoms with E-state index in [2.05, 4.69) is 57.0 Å². The van der Waals surface area contributed by atoms with Gasteiger partial charge in [0.2, 0.25) is 11.8 Å². The second-order valence-electron chi connectivity index (χ2n) is 17.3. The summed E-state index contributed by atoms with van der Waals surface area (Å²) in [4.78, 5) is 73.1. The Labute approximate surface area is 359 Å². The number of aromatic nitrogens is 4. The number of methoxy groups -OCH3 is 2. The van der Waals surface area contributed by atoms with E-state index in [1.54, 1.807) is 0 Å². The van der Waals surface area contributed by atoms with E-state index in [9.17, 15) is 19.2 Å². The van der Waals surface area contributed by atoms with Gasteiger partial charge in [0, 0.05) is 36.8 Å². The number of carbonyl (C=O) groups excluding carboxylic acids is 4. The van der Waals surface area contributed by atoms with Crippen LogP contribution in [0.4, 0.5) is 9.59 Å². The van der Waals surface area contributed by atoms with Crippen LogP contribution in [0.2, 0.25) is 0 Å². The number of amides is 4. The van der Waals surface area contributed by atoms with Crippen LogP contribution in [0.5, 0.6) is 5.75 Å². The maximum Gasteiger partial charge on any atom is 0.407 e. The molecule has 9 rings (SSSR count). The van der Waals surface area contributed by atoms with Crippen LogP contribution in [0.3, 0.4) is 0 Å². The van der Waals surface area contributed by atoms with Crippen LogP contribution in [0.25, 0.3) is 44.2 Å². The highest BCUT2D eigenvalue weighted by molar-refractivity contribution is 6.07. The summed E-state index contributed by atoms with van der Waals surface area (Å²) in [7, 11) is 2.60. The van der Waals surface area contributed by atoms with E-state index < -0.39 is 24.3 Å². The first-order chi connectivity index (χ1) is 30.0. The maximum absolute atomic E-state index is 14.2. The Morgan fingerprint density at radius 3 is 2.42 bits per heavy atom. The van der Waals surface area contributed by atoms with Gasteiger partial charge in [-0.1, -0.05) is 32.0 Å². The average Bonchev–Trinajstić information content (AvgIpc) is 4.12. The number of benzene rings is 3. The molecule has 2 aromatic heterocycles. The number of fused-ring (bicyclic) bond motifs is 6. The minimum Gasteiger partial charge on any atom is -0.488 e. The van der Waals surface area contributed by atoms with E-state index in [-0.39, 0.29) is 41.8 Å². The van der Waals surface area contributed by atoms with Crippen molar-refractivity contribution in [2.75, 3.05) is 34.0 Å². The molecule has 5 atom stereocenters. The Bertz CT molecular complexity index is 2530. The lowest BCUT2D eigenvalue weighted by atomic mass is 9.90. The van der Waals surface area contributed by atoms with Crippen molar-refractivity contribution in [3.05, 3.63) is 65.9 Å². The van der Waals surface area contributed by atoms with Crippen molar-refractivity contribution in [2.24, 2.45) is 11.8 Å². The zero-order valence-electron chi connectivity index (χ0n) is 35.8. The summed E-state index contributed by atoms with van der Waals surface area (Å²) in [5, 5.41) is 7.56. The normalized spacial score (nSPS) is 21.0. The maximum atomic E-state index is 14.2. The molecule has 4 N–H and O–H groups in total. The summed E-state index contributed by atoms with van der Waals surface area (Å²) in [5.41, 5.74) is 6.60. The Morgan fingerprint density at radius 1 is 0.855 bits per heavy atom. The van der Waals surface area contributed by atoms with Crippen molar-refractivity contribution >= 4 is 45.8 Å². The lowest BCUT2D eigenvalue weighted by Crippen LogP contribution is -2.53. The number of ether oxygens (including phenoxy) is 4. The zero-order chi connectivity index (χ0) is 43.2. The van der Waals surface area contributed by atoms with Gasteiger partial charge in [-0.05, 0) is 104 Å². The first-order valence-electron chi connectivity index (χ1n) is 21.7. The molecule has 1 unspecified atom stereocenters. The van der Waals surface area contributed by atoms with Crippen LogP contribution < -0.4 is 15.4 Å². The van der Waals surface area contributed by atoms with Gasteiger partial charge in [0.25, 0.3) is 0 Å². The monoisotopic (exact) mass is 846 g/mol. The molecule has 5 aromatic rings. The first-order valence-corrected chi connectivity index (χ1v) is 21.7. The molecular weight excluding hydrogens is 793 g/mol. The summed E-state index contributed by atoms with van der Waals surface area (Å²) in [6.45, 7) is 7.90. The van der Waals surface area contributed by atoms with Gasteiger partial charge in [0.15, 0.2) is 0 Å². The summed E-state index contributed by atoms with van der Waals surface area (Å²) in [6, 6.07) is 12.7. The van der Waals surface area contributed by atoms with Gasteiger partial charge in [-0.2, -0.15) is 0 Å². The van der Waals surface area contributed by atoms with Crippen LogP contribution in [-0.4, -0.2) is 106 Å². The van der Waals surface area contributed by atoms with Crippen molar-refractivity contribution in [3.63, 3.8) is 0 Å². The number of alkyl carbamates (subject to hydrolysis) is 2. The smallest absolute Gasteiger partial charge is 0.407 e. The molecule has 3 aromatic carbocycles. The minimum absolute atomic E-state index is 0.0166. The van der Waals surface area contributed by atoms with E-state index in [1.807, 2.05) is 42.8 Å². The zero-order valence-corrected chi connectivity index (χ0v) is 35.8. The number of H-pyrrole nitrogens is 2. The molecule has 4 amide bonds. The van der Waals surface area contributed by atoms with Crippen LogP contribution in [-0.2, 0) is 30.4 Å². The van der Waals surface area contributed by atoms with Gasteiger partial charge in [-0.25, -0.2) is 19.6 Å². The lowest BCUT2D eigenvalue weighted by Gasteiger charge is -2.34. The topological polar surface area (TPSA) is 193 Å². The number of hydrogen-bond acceptors (Lipinski definition) is 10. The molecule has 0 radical (unpaired) electrons. The van der Waals surface area contributed by atoms with Crippen LogP contribution in [0.1, 0.15) is 88.6 Å². The molecule has 16 nitrogen and oxygen atoms in total. The summed E-state index contributed by atoms with van der Waals surface area (Å²) < 4.78 is 21.7. The molecule has 4 aliphatic heterocycles. The molecule has 0 bridgehead atoms. The fourth-order valence-electron chi connectivity index (χ4n) is 9.88. The third kappa shape index (κ3) is 7.58. The SMILES string of the molecule is COC(=O)NC(C(=O)N1[C@@H](C)CC[C@H]1c1ncc(-c2ccc3c(c2)COc2cc4c(ccc5nc([C@@H]6CCCN6C(=O)[C@@H](NC(=O)OC)C6CCOCC6)[nH]c54)cc2-3)[nH]1)C(C)C. The molecule has 0 aliphatic carbocycles. The highest BCUT2D eigenvalue weighted by atomic mass is 16.5. The second-order valence-corrected chi connectivity index (χ2v) is 17.3. The second kappa shape index (κ2) is 17.0. The van der Waals surface area contributed by atoms with Gasteiger partial charge in [-0.3, -0.25) is 9.59 Å². The molecule has 4 aliphatic rings. The van der Waals surface area contributed by atoms with Gasteiger partial charge >= 0.3 is 12.2 Å². The van der Waals surface area contributed by atoms with E-state index in [4.69, 9.17) is 28.9 Å². The largest absolute Gasteiger partial charge is 0.488 e. The van der Waals surface area contributed by atoms with Gasteiger partial charge in [0.1, 0.15) is 36.1 Å². The molecule has 0 saturated carbocycles. The molecule has 62 heavy (non-hydrogen) atoms. The van der Waals surface area contributed by atoms with Gasteiger partial charge in [-0.15, -0.1) is 0 Å². The third-order valence-electron chi connectivity index (χ3n) is 13.2. The van der Waals surface area contributed by atoms with E-state index in [0.29, 0.717) is 45.0 Å². The molecule has 3 saturated heterocycles. The highest BCUT2D eigenvalue weighted by Crippen LogP contribution is 2.44. The predicted molar refractivity (Wildman–Crippen MR) is 230 cm³/mol. The van der Waals surface area contributed by atoms with Crippen LogP contribution in [0.15, 0.2) is 48.7 Å². The van der Waals surface area contributed by atoms with Crippen molar-refractivity contribution in [1.82, 2.24) is 40.4 Å². The van der Waals surface area contributed by atoms with Crippen LogP contribution in [0, 0.1) is 11.8 Å².